The number of hydrogen-bond donors (Lipinski definition) is 3. The lowest BCUT2D eigenvalue weighted by molar-refractivity contribution is 0.164. The lowest BCUT2D eigenvalue weighted by Gasteiger charge is -2.10. The van der Waals surface area contributed by atoms with Crippen LogP contribution < -0.4 is 11.1 Å². The second kappa shape index (κ2) is 6.48. The third-order valence-corrected chi connectivity index (χ3v) is 1.96. The van der Waals surface area contributed by atoms with Gasteiger partial charge < -0.3 is 16.2 Å². The monoisotopic (exact) mass is 195 g/mol. The van der Waals surface area contributed by atoms with E-state index >= 15 is 0 Å². The molecule has 0 aliphatic heterocycles. The minimum absolute atomic E-state index is 0.346. The molecule has 0 amide bonds. The maximum absolute atomic E-state index is 9.37. The lowest BCUT2D eigenvalue weighted by atomic mass is 10.2. The molecule has 1 unspecified atom stereocenters. The van der Waals surface area contributed by atoms with Gasteiger partial charge in [-0.15, -0.1) is 0 Å². The van der Waals surface area contributed by atoms with E-state index in [1.54, 1.807) is 12.4 Å². The predicted octanol–water partition coefficient (Wildman–Crippen LogP) is -0.119. The average molecular weight is 195 g/mol. The molecule has 0 aliphatic carbocycles. The van der Waals surface area contributed by atoms with E-state index < -0.39 is 0 Å². The molecule has 1 rings (SSSR count). The highest BCUT2D eigenvalue weighted by Crippen LogP contribution is 1.95. The molecule has 0 spiro atoms. The number of nitrogens with two attached hydrogens (primary N) is 1. The van der Waals surface area contributed by atoms with Crippen LogP contribution in [-0.2, 0) is 6.54 Å². The van der Waals surface area contributed by atoms with Gasteiger partial charge >= 0.3 is 0 Å². The summed E-state index contributed by atoms with van der Waals surface area (Å²) >= 11 is 0. The van der Waals surface area contributed by atoms with Crippen LogP contribution in [-0.4, -0.2) is 29.3 Å². The van der Waals surface area contributed by atoms with Crippen LogP contribution in [0.25, 0.3) is 0 Å². The maximum atomic E-state index is 9.37. The standard InChI is InChI=1S/C10H17N3O/c11-4-1-10(14)8-13-7-9-2-5-12-6-3-9/h2-3,5-6,10,13-14H,1,4,7-8,11H2. The van der Waals surface area contributed by atoms with E-state index in [0.717, 1.165) is 6.54 Å². The molecule has 1 aromatic heterocycles. The molecule has 1 aromatic rings. The van der Waals surface area contributed by atoms with Crippen molar-refractivity contribution in [2.24, 2.45) is 5.73 Å². The van der Waals surface area contributed by atoms with Crippen LogP contribution in [0, 0.1) is 0 Å². The average Bonchev–Trinajstić information content (AvgIpc) is 2.20. The third kappa shape index (κ3) is 4.32. The maximum Gasteiger partial charge on any atom is 0.0676 e. The van der Waals surface area contributed by atoms with Crippen molar-refractivity contribution in [2.45, 2.75) is 19.1 Å². The Morgan fingerprint density at radius 1 is 1.43 bits per heavy atom. The van der Waals surface area contributed by atoms with Crippen LogP contribution in [0.2, 0.25) is 0 Å². The number of aliphatic hydroxyl groups excluding tert-OH is 1. The zero-order chi connectivity index (χ0) is 10.2. The summed E-state index contributed by atoms with van der Waals surface area (Å²) in [5.74, 6) is 0. The summed E-state index contributed by atoms with van der Waals surface area (Å²) < 4.78 is 0. The van der Waals surface area contributed by atoms with Gasteiger partial charge in [0.15, 0.2) is 0 Å². The molecule has 1 atom stereocenters. The Bertz CT molecular complexity index is 240. The second-order valence-electron chi connectivity index (χ2n) is 3.22. The quantitative estimate of drug-likeness (QED) is 0.592. The van der Waals surface area contributed by atoms with Crippen LogP contribution >= 0.6 is 0 Å². The minimum atomic E-state index is -0.346. The largest absolute Gasteiger partial charge is 0.392 e. The molecule has 1 heterocycles. The summed E-state index contributed by atoms with van der Waals surface area (Å²) in [5, 5.41) is 12.5. The van der Waals surface area contributed by atoms with Gasteiger partial charge in [0.1, 0.15) is 0 Å². The van der Waals surface area contributed by atoms with E-state index in [0.29, 0.717) is 19.5 Å². The van der Waals surface area contributed by atoms with Crippen molar-refractivity contribution in [3.63, 3.8) is 0 Å². The Labute approximate surface area is 84.2 Å². The van der Waals surface area contributed by atoms with E-state index in [9.17, 15) is 5.11 Å². The van der Waals surface area contributed by atoms with E-state index in [4.69, 9.17) is 5.73 Å². The molecule has 0 saturated carbocycles. The van der Waals surface area contributed by atoms with Gasteiger partial charge in [-0.2, -0.15) is 0 Å². The number of aliphatic hydroxyl groups is 1. The number of rotatable bonds is 6. The second-order valence-corrected chi connectivity index (χ2v) is 3.22. The summed E-state index contributed by atoms with van der Waals surface area (Å²) in [7, 11) is 0. The molecule has 0 saturated heterocycles. The first-order valence-electron chi connectivity index (χ1n) is 4.80. The molecule has 78 valence electrons. The van der Waals surface area contributed by atoms with Crippen molar-refractivity contribution in [2.75, 3.05) is 13.1 Å². The van der Waals surface area contributed by atoms with Crippen molar-refractivity contribution in [1.29, 1.82) is 0 Å². The van der Waals surface area contributed by atoms with Gasteiger partial charge in [-0.25, -0.2) is 0 Å². The Hall–Kier alpha value is -0.970. The fourth-order valence-electron chi connectivity index (χ4n) is 1.18. The summed E-state index contributed by atoms with van der Waals surface area (Å²) in [4.78, 5) is 3.92. The van der Waals surface area contributed by atoms with Crippen LogP contribution in [0.15, 0.2) is 24.5 Å². The molecule has 4 N–H and O–H groups in total. The summed E-state index contributed by atoms with van der Waals surface area (Å²) in [5.41, 5.74) is 6.48. The van der Waals surface area contributed by atoms with Gasteiger partial charge in [0.25, 0.3) is 0 Å². The normalized spacial score (nSPS) is 12.7. The number of nitrogens with one attached hydrogen (secondary N) is 1. The van der Waals surface area contributed by atoms with Gasteiger partial charge in [-0.3, -0.25) is 4.98 Å². The van der Waals surface area contributed by atoms with Gasteiger partial charge in [0.05, 0.1) is 6.10 Å². The molecule has 0 radical (unpaired) electrons. The zero-order valence-corrected chi connectivity index (χ0v) is 8.19. The van der Waals surface area contributed by atoms with Crippen LogP contribution in [0.1, 0.15) is 12.0 Å². The van der Waals surface area contributed by atoms with Gasteiger partial charge in [0.2, 0.25) is 0 Å². The number of aromatic nitrogens is 1. The molecule has 0 aliphatic rings. The Morgan fingerprint density at radius 2 is 2.14 bits per heavy atom. The SMILES string of the molecule is NCCC(O)CNCc1ccncc1. The van der Waals surface area contributed by atoms with E-state index in [1.807, 2.05) is 12.1 Å². The molecule has 14 heavy (non-hydrogen) atoms. The zero-order valence-electron chi connectivity index (χ0n) is 8.19. The lowest BCUT2D eigenvalue weighted by Crippen LogP contribution is -2.28. The van der Waals surface area contributed by atoms with Crippen molar-refractivity contribution in [1.82, 2.24) is 10.3 Å². The van der Waals surface area contributed by atoms with Crippen molar-refractivity contribution >= 4 is 0 Å². The molecule has 4 heteroatoms. The fourth-order valence-corrected chi connectivity index (χ4v) is 1.18. The molecular formula is C10H17N3O. The Balaban J connectivity index is 2.16. The van der Waals surface area contributed by atoms with Crippen molar-refractivity contribution in [3.05, 3.63) is 30.1 Å². The number of nitrogens with zero attached hydrogens (tertiary/aromatic N) is 1. The van der Waals surface area contributed by atoms with Gasteiger partial charge in [-0.05, 0) is 30.7 Å². The van der Waals surface area contributed by atoms with Crippen LogP contribution in [0.4, 0.5) is 0 Å². The Kier molecular flexibility index (Phi) is 5.14. The predicted molar refractivity (Wildman–Crippen MR) is 55.6 cm³/mol. The highest BCUT2D eigenvalue weighted by atomic mass is 16.3. The first kappa shape index (κ1) is 11.1. The number of pyridine rings is 1. The molecule has 4 nitrogen and oxygen atoms in total. The summed E-state index contributed by atoms with van der Waals surface area (Å²) in [6, 6.07) is 3.89. The van der Waals surface area contributed by atoms with Gasteiger partial charge in [0, 0.05) is 25.5 Å². The van der Waals surface area contributed by atoms with Crippen LogP contribution in [0.3, 0.4) is 0 Å². The van der Waals surface area contributed by atoms with Crippen molar-refractivity contribution in [3.8, 4) is 0 Å². The van der Waals surface area contributed by atoms with Crippen LogP contribution in [0.5, 0.6) is 0 Å². The third-order valence-electron chi connectivity index (χ3n) is 1.96. The van der Waals surface area contributed by atoms with Crippen molar-refractivity contribution < 1.29 is 5.11 Å². The van der Waals surface area contributed by atoms with Gasteiger partial charge in [-0.1, -0.05) is 0 Å². The minimum Gasteiger partial charge on any atom is -0.392 e. The fraction of sp³-hybridized carbons (Fsp3) is 0.500. The van der Waals surface area contributed by atoms with E-state index in [1.165, 1.54) is 5.56 Å². The van der Waals surface area contributed by atoms with E-state index in [-0.39, 0.29) is 6.10 Å². The first-order valence-corrected chi connectivity index (χ1v) is 4.80. The Morgan fingerprint density at radius 3 is 2.79 bits per heavy atom. The highest BCUT2D eigenvalue weighted by Gasteiger charge is 2.01. The molecule has 0 fully saturated rings. The summed E-state index contributed by atoms with van der Waals surface area (Å²) in [6.07, 6.45) is 3.81. The smallest absolute Gasteiger partial charge is 0.0676 e. The number of hydrogen-bond acceptors (Lipinski definition) is 4. The topological polar surface area (TPSA) is 71.2 Å². The molecule has 0 aromatic carbocycles. The first-order chi connectivity index (χ1) is 6.83. The highest BCUT2D eigenvalue weighted by molar-refractivity contribution is 5.08. The summed E-state index contributed by atoms with van der Waals surface area (Å²) in [6.45, 7) is 1.86. The van der Waals surface area contributed by atoms with E-state index in [2.05, 4.69) is 10.3 Å². The molecular weight excluding hydrogens is 178 g/mol. The molecule has 0 bridgehead atoms.